The van der Waals surface area contributed by atoms with E-state index in [1.54, 1.807) is 0 Å². The summed E-state index contributed by atoms with van der Waals surface area (Å²) in [6, 6.07) is 0. The molecule has 1 aliphatic heterocycles. The molecular formula is C11H19N. The Labute approximate surface area is 75.6 Å². The van der Waals surface area contributed by atoms with Crippen molar-refractivity contribution in [1.29, 1.82) is 0 Å². The van der Waals surface area contributed by atoms with Crippen molar-refractivity contribution >= 4 is 5.71 Å². The Morgan fingerprint density at radius 3 is 2.33 bits per heavy atom. The average molecular weight is 165 g/mol. The Bertz CT molecular complexity index is 231. The van der Waals surface area contributed by atoms with Crippen LogP contribution in [0.4, 0.5) is 0 Å². The van der Waals surface area contributed by atoms with Crippen LogP contribution < -0.4 is 0 Å². The van der Waals surface area contributed by atoms with Gasteiger partial charge in [-0.05, 0) is 38.7 Å². The molecule has 1 heteroatoms. The smallest absolute Gasteiger partial charge is 0.0596 e. The fraction of sp³-hybridized carbons (Fsp3) is 0.727. The SMILES string of the molecule is CC1=NC(C)(C)C/C1=C\C(C)C. The van der Waals surface area contributed by atoms with Crippen molar-refractivity contribution in [2.24, 2.45) is 10.9 Å². The lowest BCUT2D eigenvalue weighted by atomic mass is 9.96. The summed E-state index contributed by atoms with van der Waals surface area (Å²) in [6.07, 6.45) is 3.44. The van der Waals surface area contributed by atoms with Crippen LogP contribution in [-0.2, 0) is 0 Å². The van der Waals surface area contributed by atoms with Gasteiger partial charge in [-0.25, -0.2) is 0 Å². The van der Waals surface area contributed by atoms with Crippen molar-refractivity contribution in [3.05, 3.63) is 11.6 Å². The summed E-state index contributed by atoms with van der Waals surface area (Å²) in [5.74, 6) is 0.638. The Morgan fingerprint density at radius 1 is 1.42 bits per heavy atom. The lowest BCUT2D eigenvalue weighted by Crippen LogP contribution is -2.11. The number of allylic oxidation sites excluding steroid dienone is 1. The molecule has 1 nitrogen and oxygen atoms in total. The first-order valence-electron chi connectivity index (χ1n) is 4.68. The van der Waals surface area contributed by atoms with Crippen molar-refractivity contribution < 1.29 is 0 Å². The number of nitrogens with zero attached hydrogens (tertiary/aromatic N) is 1. The molecule has 0 aromatic carbocycles. The van der Waals surface area contributed by atoms with E-state index in [4.69, 9.17) is 0 Å². The van der Waals surface area contributed by atoms with Gasteiger partial charge in [0.25, 0.3) is 0 Å². The molecule has 0 amide bonds. The van der Waals surface area contributed by atoms with Gasteiger partial charge in [-0.1, -0.05) is 19.9 Å². The second kappa shape index (κ2) is 3.04. The maximum absolute atomic E-state index is 4.60. The van der Waals surface area contributed by atoms with Crippen LogP contribution in [-0.4, -0.2) is 11.3 Å². The van der Waals surface area contributed by atoms with Crippen LogP contribution in [0.5, 0.6) is 0 Å². The number of hydrogen-bond donors (Lipinski definition) is 0. The van der Waals surface area contributed by atoms with Gasteiger partial charge in [0.1, 0.15) is 0 Å². The number of hydrogen-bond acceptors (Lipinski definition) is 1. The van der Waals surface area contributed by atoms with E-state index in [1.807, 2.05) is 0 Å². The zero-order chi connectivity index (χ0) is 9.35. The third-order valence-corrected chi connectivity index (χ3v) is 2.09. The molecule has 0 spiro atoms. The molecule has 0 N–H and O–H groups in total. The van der Waals surface area contributed by atoms with Crippen LogP contribution in [0.25, 0.3) is 0 Å². The molecule has 0 aromatic rings. The van der Waals surface area contributed by atoms with Crippen LogP contribution >= 0.6 is 0 Å². The number of rotatable bonds is 1. The highest BCUT2D eigenvalue weighted by molar-refractivity contribution is 6.00. The van der Waals surface area contributed by atoms with Gasteiger partial charge in [-0.3, -0.25) is 4.99 Å². The second-order valence-corrected chi connectivity index (χ2v) is 4.62. The summed E-state index contributed by atoms with van der Waals surface area (Å²) in [5, 5.41) is 0. The summed E-state index contributed by atoms with van der Waals surface area (Å²) in [7, 11) is 0. The van der Waals surface area contributed by atoms with Gasteiger partial charge in [-0.2, -0.15) is 0 Å². The van der Waals surface area contributed by atoms with Gasteiger partial charge in [0.2, 0.25) is 0 Å². The third-order valence-electron chi connectivity index (χ3n) is 2.09. The Balaban J connectivity index is 2.82. The van der Waals surface area contributed by atoms with Gasteiger partial charge in [0.15, 0.2) is 0 Å². The number of aliphatic imine (C=N–C) groups is 1. The fourth-order valence-electron chi connectivity index (χ4n) is 1.74. The molecule has 0 bridgehead atoms. The van der Waals surface area contributed by atoms with E-state index in [1.165, 1.54) is 11.3 Å². The standard InChI is InChI=1S/C11H19N/c1-8(2)6-10-7-11(4,5)12-9(10)3/h6,8H,7H2,1-5H3/b10-6+. The lowest BCUT2D eigenvalue weighted by Gasteiger charge is -2.11. The molecule has 0 saturated carbocycles. The summed E-state index contributed by atoms with van der Waals surface area (Å²) >= 11 is 0. The van der Waals surface area contributed by atoms with Crippen LogP contribution in [0.3, 0.4) is 0 Å². The van der Waals surface area contributed by atoms with Crippen LogP contribution in [0.2, 0.25) is 0 Å². The Hall–Kier alpha value is -0.590. The Morgan fingerprint density at radius 2 is 2.00 bits per heavy atom. The zero-order valence-electron chi connectivity index (χ0n) is 8.81. The van der Waals surface area contributed by atoms with Crippen LogP contribution in [0.15, 0.2) is 16.6 Å². The molecule has 0 unspecified atom stereocenters. The van der Waals surface area contributed by atoms with Crippen molar-refractivity contribution in [3.63, 3.8) is 0 Å². The van der Waals surface area contributed by atoms with Crippen LogP contribution in [0, 0.1) is 5.92 Å². The second-order valence-electron chi connectivity index (χ2n) is 4.62. The highest BCUT2D eigenvalue weighted by atomic mass is 14.9. The minimum atomic E-state index is 0.144. The average Bonchev–Trinajstić information content (AvgIpc) is 2.03. The van der Waals surface area contributed by atoms with Gasteiger partial charge < -0.3 is 0 Å². The van der Waals surface area contributed by atoms with E-state index < -0.39 is 0 Å². The van der Waals surface area contributed by atoms with E-state index in [9.17, 15) is 0 Å². The molecule has 1 aliphatic rings. The topological polar surface area (TPSA) is 12.4 Å². The van der Waals surface area contributed by atoms with Crippen molar-refractivity contribution in [2.75, 3.05) is 0 Å². The zero-order valence-corrected chi connectivity index (χ0v) is 8.81. The monoisotopic (exact) mass is 165 g/mol. The van der Waals surface area contributed by atoms with E-state index in [0.717, 1.165) is 6.42 Å². The van der Waals surface area contributed by atoms with E-state index in [0.29, 0.717) is 5.92 Å². The molecule has 0 radical (unpaired) electrons. The molecule has 1 rings (SSSR count). The minimum Gasteiger partial charge on any atom is -0.283 e. The molecular weight excluding hydrogens is 146 g/mol. The molecule has 68 valence electrons. The molecule has 0 fully saturated rings. The molecule has 0 aromatic heterocycles. The maximum Gasteiger partial charge on any atom is 0.0596 e. The van der Waals surface area contributed by atoms with Gasteiger partial charge in [0, 0.05) is 5.71 Å². The van der Waals surface area contributed by atoms with Crippen LogP contribution in [0.1, 0.15) is 41.0 Å². The summed E-state index contributed by atoms with van der Waals surface area (Å²) in [6.45, 7) is 10.9. The molecule has 0 saturated heterocycles. The molecule has 1 heterocycles. The summed E-state index contributed by atoms with van der Waals surface area (Å²) in [5.41, 5.74) is 2.81. The van der Waals surface area contributed by atoms with Gasteiger partial charge in [0.05, 0.1) is 5.54 Å². The minimum absolute atomic E-state index is 0.144. The van der Waals surface area contributed by atoms with Gasteiger partial charge >= 0.3 is 0 Å². The van der Waals surface area contributed by atoms with E-state index in [2.05, 4.69) is 45.7 Å². The first-order valence-corrected chi connectivity index (χ1v) is 4.68. The Kier molecular flexibility index (Phi) is 2.41. The quantitative estimate of drug-likeness (QED) is 0.565. The predicted octanol–water partition coefficient (Wildman–Crippen LogP) is 3.21. The molecule has 0 atom stereocenters. The summed E-state index contributed by atoms with van der Waals surface area (Å²) < 4.78 is 0. The fourth-order valence-corrected chi connectivity index (χ4v) is 1.74. The largest absolute Gasteiger partial charge is 0.283 e. The highest BCUT2D eigenvalue weighted by Crippen LogP contribution is 2.29. The highest BCUT2D eigenvalue weighted by Gasteiger charge is 2.26. The lowest BCUT2D eigenvalue weighted by molar-refractivity contribution is 0.545. The third kappa shape index (κ3) is 2.20. The molecule has 12 heavy (non-hydrogen) atoms. The van der Waals surface area contributed by atoms with Crippen molar-refractivity contribution in [1.82, 2.24) is 0 Å². The summed E-state index contributed by atoms with van der Waals surface area (Å²) in [4.78, 5) is 4.60. The first kappa shape index (κ1) is 9.50. The van der Waals surface area contributed by atoms with Gasteiger partial charge in [-0.15, -0.1) is 0 Å². The first-order chi connectivity index (χ1) is 5.41. The molecule has 0 aliphatic carbocycles. The normalized spacial score (nSPS) is 25.2. The van der Waals surface area contributed by atoms with E-state index >= 15 is 0 Å². The predicted molar refractivity (Wildman–Crippen MR) is 54.7 cm³/mol. The maximum atomic E-state index is 4.60. The van der Waals surface area contributed by atoms with Crippen molar-refractivity contribution in [2.45, 2.75) is 46.6 Å². The van der Waals surface area contributed by atoms with Crippen molar-refractivity contribution in [3.8, 4) is 0 Å². The van der Waals surface area contributed by atoms with E-state index in [-0.39, 0.29) is 5.54 Å².